The molecule has 2 aromatic rings. The molecule has 3 rings (SSSR count). The molecule has 2 atom stereocenters. The van der Waals surface area contributed by atoms with Crippen molar-refractivity contribution >= 4 is 34.5 Å². The number of hydrogen-bond donors (Lipinski definition) is 0. The maximum atomic E-state index is 12.8. The summed E-state index contributed by atoms with van der Waals surface area (Å²) in [4.78, 5) is 28.4. The third-order valence-electron chi connectivity index (χ3n) is 4.31. The van der Waals surface area contributed by atoms with Crippen molar-refractivity contribution in [2.24, 2.45) is 5.92 Å². The van der Waals surface area contributed by atoms with Crippen molar-refractivity contribution in [3.8, 4) is 0 Å². The summed E-state index contributed by atoms with van der Waals surface area (Å²) in [6.07, 6.45) is 1.82. The van der Waals surface area contributed by atoms with Gasteiger partial charge in [-0.15, -0.1) is 11.8 Å². The van der Waals surface area contributed by atoms with Crippen molar-refractivity contribution in [1.29, 1.82) is 0 Å². The number of carbonyl (C=O) groups is 2. The fourth-order valence-electron chi connectivity index (χ4n) is 2.95. The molecule has 7 heteroatoms. The normalized spacial score (nSPS) is 18.8. The number of carbonyl (C=O) groups excluding carboxylic acids is 2. The summed E-state index contributed by atoms with van der Waals surface area (Å²) >= 11 is 1.63. The fraction of sp³-hybridized carbons (Fsp3) is 0.471. The summed E-state index contributed by atoms with van der Waals surface area (Å²) in [7, 11) is 3.46. The zero-order valence-corrected chi connectivity index (χ0v) is 15.0. The lowest BCUT2D eigenvalue weighted by atomic mass is 10.1. The maximum Gasteiger partial charge on any atom is 0.245 e. The van der Waals surface area contributed by atoms with Gasteiger partial charge in [-0.2, -0.15) is 5.10 Å². The zero-order chi connectivity index (χ0) is 17.3. The lowest BCUT2D eigenvalue weighted by molar-refractivity contribution is -0.144. The van der Waals surface area contributed by atoms with Crippen molar-refractivity contribution in [3.63, 3.8) is 0 Å². The molecule has 0 aliphatic carbocycles. The van der Waals surface area contributed by atoms with Crippen LogP contribution in [0.15, 0.2) is 30.5 Å². The van der Waals surface area contributed by atoms with Crippen LogP contribution in [0, 0.1) is 5.92 Å². The Morgan fingerprint density at radius 3 is 2.88 bits per heavy atom. The Balaban J connectivity index is 1.73. The lowest BCUT2D eigenvalue weighted by Gasteiger charge is -2.27. The van der Waals surface area contributed by atoms with Gasteiger partial charge in [0.05, 0.1) is 30.1 Å². The zero-order valence-electron chi connectivity index (χ0n) is 14.2. The van der Waals surface area contributed by atoms with Gasteiger partial charge in [-0.1, -0.05) is 25.1 Å². The number of rotatable bonds is 4. The highest BCUT2D eigenvalue weighted by atomic mass is 32.2. The van der Waals surface area contributed by atoms with Gasteiger partial charge in [0.25, 0.3) is 0 Å². The van der Waals surface area contributed by atoms with E-state index in [0.717, 1.165) is 10.9 Å². The van der Waals surface area contributed by atoms with E-state index in [2.05, 4.69) is 5.10 Å². The van der Waals surface area contributed by atoms with Gasteiger partial charge in [0.15, 0.2) is 0 Å². The molecular weight excluding hydrogens is 324 g/mol. The van der Waals surface area contributed by atoms with Crippen molar-refractivity contribution in [2.45, 2.75) is 19.5 Å². The first kappa shape index (κ1) is 16.8. The van der Waals surface area contributed by atoms with Crippen LogP contribution in [-0.4, -0.2) is 63.2 Å². The molecule has 2 amide bonds. The van der Waals surface area contributed by atoms with Crippen molar-refractivity contribution in [2.75, 3.05) is 25.7 Å². The number of nitrogens with zero attached hydrogens (tertiary/aromatic N) is 4. The SMILES string of the molecule is C[C@@H](Cn1ncc2ccccc21)C(=O)N1CSC[C@@H]1C(=O)N(C)C. The number of benzene rings is 1. The maximum absolute atomic E-state index is 12.8. The van der Waals surface area contributed by atoms with E-state index >= 15 is 0 Å². The Morgan fingerprint density at radius 1 is 1.38 bits per heavy atom. The summed E-state index contributed by atoms with van der Waals surface area (Å²) in [5.41, 5.74) is 1.02. The molecule has 1 aliphatic heterocycles. The van der Waals surface area contributed by atoms with Gasteiger partial charge in [0.2, 0.25) is 11.8 Å². The van der Waals surface area contributed by atoms with E-state index in [1.54, 1.807) is 35.7 Å². The second-order valence-corrected chi connectivity index (χ2v) is 7.34. The van der Waals surface area contributed by atoms with Crippen molar-refractivity contribution in [1.82, 2.24) is 19.6 Å². The molecule has 24 heavy (non-hydrogen) atoms. The topological polar surface area (TPSA) is 58.4 Å². The van der Waals surface area contributed by atoms with Gasteiger partial charge in [-0.05, 0) is 6.07 Å². The lowest BCUT2D eigenvalue weighted by Crippen LogP contribution is -2.48. The molecule has 0 N–H and O–H groups in total. The van der Waals surface area contributed by atoms with Crippen LogP contribution in [0.2, 0.25) is 0 Å². The van der Waals surface area contributed by atoms with Gasteiger partial charge in [0.1, 0.15) is 6.04 Å². The summed E-state index contributed by atoms with van der Waals surface area (Å²) in [5, 5.41) is 5.46. The number of thioether (sulfide) groups is 1. The highest BCUT2D eigenvalue weighted by Gasteiger charge is 2.37. The molecule has 0 radical (unpaired) electrons. The molecular formula is C17H22N4O2S. The molecule has 0 spiro atoms. The van der Waals surface area contributed by atoms with Gasteiger partial charge >= 0.3 is 0 Å². The average molecular weight is 346 g/mol. The van der Waals surface area contributed by atoms with E-state index in [4.69, 9.17) is 0 Å². The molecule has 1 fully saturated rings. The van der Waals surface area contributed by atoms with Crippen LogP contribution in [0.5, 0.6) is 0 Å². The van der Waals surface area contributed by atoms with Gasteiger partial charge in [0, 0.05) is 25.2 Å². The molecule has 0 unspecified atom stereocenters. The van der Waals surface area contributed by atoms with Crippen LogP contribution in [0.4, 0.5) is 0 Å². The van der Waals surface area contributed by atoms with Crippen LogP contribution in [-0.2, 0) is 16.1 Å². The van der Waals surface area contributed by atoms with E-state index in [1.807, 2.05) is 42.1 Å². The number of hydrogen-bond acceptors (Lipinski definition) is 4. The first-order valence-corrected chi connectivity index (χ1v) is 9.14. The third kappa shape index (κ3) is 3.13. The standard InChI is InChI=1S/C17H22N4O2S/c1-12(9-21-14-7-5-4-6-13(14)8-18-21)16(22)20-11-24-10-15(20)17(23)19(2)3/h4-8,12,15H,9-11H2,1-3H3/t12-,15+/m0/s1. The second kappa shape index (κ2) is 6.84. The van der Waals surface area contributed by atoms with E-state index < -0.39 is 0 Å². The summed E-state index contributed by atoms with van der Waals surface area (Å²) < 4.78 is 1.86. The van der Waals surface area contributed by atoms with Gasteiger partial charge in [-0.25, -0.2) is 0 Å². The Labute approximate surface area is 145 Å². The number of para-hydroxylation sites is 1. The van der Waals surface area contributed by atoms with Gasteiger partial charge < -0.3 is 9.80 Å². The molecule has 128 valence electrons. The Hall–Kier alpha value is -2.02. The van der Waals surface area contributed by atoms with Crippen molar-refractivity contribution in [3.05, 3.63) is 30.5 Å². The van der Waals surface area contributed by atoms with E-state index in [-0.39, 0.29) is 23.8 Å². The van der Waals surface area contributed by atoms with E-state index in [9.17, 15) is 9.59 Å². The average Bonchev–Trinajstić information content (AvgIpc) is 3.20. The monoisotopic (exact) mass is 346 g/mol. The fourth-order valence-corrected chi connectivity index (χ4v) is 4.11. The summed E-state index contributed by atoms with van der Waals surface area (Å²) in [6.45, 7) is 2.41. The van der Waals surface area contributed by atoms with Gasteiger partial charge in [-0.3, -0.25) is 14.3 Å². The first-order valence-electron chi connectivity index (χ1n) is 7.99. The van der Waals surface area contributed by atoms with Crippen molar-refractivity contribution < 1.29 is 9.59 Å². The summed E-state index contributed by atoms with van der Waals surface area (Å²) in [6, 6.07) is 7.60. The van der Waals surface area contributed by atoms with Crippen LogP contribution < -0.4 is 0 Å². The minimum Gasteiger partial charge on any atom is -0.347 e. The quantitative estimate of drug-likeness (QED) is 0.845. The Morgan fingerprint density at radius 2 is 2.12 bits per heavy atom. The van der Waals surface area contributed by atoms with Crippen LogP contribution in [0.3, 0.4) is 0 Å². The Bertz CT molecular complexity index is 758. The molecule has 0 saturated carbocycles. The summed E-state index contributed by atoms with van der Waals surface area (Å²) in [5.74, 6) is 1.02. The highest BCUT2D eigenvalue weighted by Crippen LogP contribution is 2.25. The van der Waals surface area contributed by atoms with Crippen LogP contribution in [0.1, 0.15) is 6.92 Å². The number of aromatic nitrogens is 2. The molecule has 6 nitrogen and oxygen atoms in total. The van der Waals surface area contributed by atoms with Crippen LogP contribution >= 0.6 is 11.8 Å². The minimum absolute atomic E-state index is 0.00918. The minimum atomic E-state index is -0.352. The second-order valence-electron chi connectivity index (χ2n) is 6.34. The van der Waals surface area contributed by atoms with E-state index in [0.29, 0.717) is 18.2 Å². The molecule has 1 aliphatic rings. The largest absolute Gasteiger partial charge is 0.347 e. The first-order chi connectivity index (χ1) is 11.5. The molecule has 1 aromatic carbocycles. The highest BCUT2D eigenvalue weighted by molar-refractivity contribution is 7.99. The van der Waals surface area contributed by atoms with Crippen LogP contribution in [0.25, 0.3) is 10.9 Å². The molecule has 1 saturated heterocycles. The molecule has 0 bridgehead atoms. The molecule has 2 heterocycles. The third-order valence-corrected chi connectivity index (χ3v) is 5.32. The van der Waals surface area contributed by atoms with E-state index in [1.165, 1.54) is 0 Å². The number of likely N-dealkylation sites (N-methyl/N-ethyl adjacent to an activating group) is 1. The number of amides is 2. The number of fused-ring (bicyclic) bond motifs is 1. The predicted octanol–water partition coefficient (Wildman–Crippen LogP) is 1.66. The predicted molar refractivity (Wildman–Crippen MR) is 95.6 cm³/mol. The smallest absolute Gasteiger partial charge is 0.245 e. The Kier molecular flexibility index (Phi) is 4.80. The molecule has 1 aromatic heterocycles.